The molecule has 0 spiro atoms. The highest BCUT2D eigenvalue weighted by molar-refractivity contribution is 5.88. The third kappa shape index (κ3) is 3.55. The summed E-state index contributed by atoms with van der Waals surface area (Å²) in [5, 5.41) is 7.12. The van der Waals surface area contributed by atoms with Crippen molar-refractivity contribution in [2.75, 3.05) is 5.32 Å². The molecule has 0 aliphatic heterocycles. The second-order valence-electron chi connectivity index (χ2n) is 8.90. The van der Waals surface area contributed by atoms with Crippen molar-refractivity contribution in [2.24, 2.45) is 5.73 Å². The predicted molar refractivity (Wildman–Crippen MR) is 122 cm³/mol. The van der Waals surface area contributed by atoms with Gasteiger partial charge in [0, 0.05) is 22.6 Å². The van der Waals surface area contributed by atoms with Crippen LogP contribution in [0.15, 0.2) is 30.3 Å². The molecule has 3 aromatic rings. The Morgan fingerprint density at radius 2 is 1.81 bits per heavy atom. The van der Waals surface area contributed by atoms with Gasteiger partial charge in [-0.15, -0.1) is 0 Å². The summed E-state index contributed by atoms with van der Waals surface area (Å²) >= 11 is 0. The molecule has 1 aliphatic carbocycles. The number of nitrogens with zero attached hydrogens (tertiary/aromatic N) is 2. The molecule has 0 saturated heterocycles. The van der Waals surface area contributed by atoms with E-state index in [-0.39, 0.29) is 16.7 Å². The Balaban J connectivity index is 2.03. The molecule has 5 nitrogen and oxygen atoms in total. The maximum Gasteiger partial charge on any atom is 0.316 e. The molecule has 0 radical (unpaired) electrons. The summed E-state index contributed by atoms with van der Waals surface area (Å²) in [6, 6.07) is 7.27. The summed E-state index contributed by atoms with van der Waals surface area (Å²) in [6.07, 6.45) is 3.19. The standard InChI is InChI=1S/C25H28F2N4O/c1-5-14-8-7-9-15(6-2)21(14)31-22(16-10-11-25(3,4)23(16)30-31)17-12-19(27)20(13-18(17)26)29-24(28)32/h7-9,12-13H,5-6,10-11H2,1-4H3,(H3,28,29,32). The van der Waals surface area contributed by atoms with Gasteiger partial charge in [0.2, 0.25) is 0 Å². The van der Waals surface area contributed by atoms with Gasteiger partial charge in [-0.3, -0.25) is 0 Å². The highest BCUT2D eigenvalue weighted by atomic mass is 19.1. The first-order valence-electron chi connectivity index (χ1n) is 11.0. The third-order valence-electron chi connectivity index (χ3n) is 6.37. The number of anilines is 1. The number of carbonyl (C=O) groups is 1. The summed E-state index contributed by atoms with van der Waals surface area (Å²) < 4.78 is 32.0. The molecule has 168 valence electrons. The van der Waals surface area contributed by atoms with E-state index in [1.54, 1.807) is 0 Å². The topological polar surface area (TPSA) is 72.9 Å². The second kappa shape index (κ2) is 8.04. The minimum atomic E-state index is -0.951. The lowest BCUT2D eigenvalue weighted by molar-refractivity contribution is 0.259. The molecule has 0 saturated carbocycles. The van der Waals surface area contributed by atoms with E-state index in [0.717, 1.165) is 65.9 Å². The van der Waals surface area contributed by atoms with Crippen molar-refractivity contribution >= 4 is 11.7 Å². The predicted octanol–water partition coefficient (Wildman–Crippen LogP) is 5.66. The van der Waals surface area contributed by atoms with Crippen LogP contribution in [0.25, 0.3) is 16.9 Å². The molecular weight excluding hydrogens is 410 g/mol. The molecule has 0 atom stereocenters. The van der Waals surface area contributed by atoms with Gasteiger partial charge in [0.05, 0.1) is 22.8 Å². The van der Waals surface area contributed by atoms with E-state index in [1.165, 1.54) is 0 Å². The van der Waals surface area contributed by atoms with E-state index in [2.05, 4.69) is 33.0 Å². The number of benzene rings is 2. The quantitative estimate of drug-likeness (QED) is 0.540. The largest absolute Gasteiger partial charge is 0.351 e. The maximum absolute atomic E-state index is 15.4. The van der Waals surface area contributed by atoms with Crippen LogP contribution in [0.3, 0.4) is 0 Å². The van der Waals surface area contributed by atoms with Crippen LogP contribution < -0.4 is 11.1 Å². The van der Waals surface area contributed by atoms with Crippen molar-refractivity contribution in [1.82, 2.24) is 9.78 Å². The van der Waals surface area contributed by atoms with Gasteiger partial charge in [0.15, 0.2) is 0 Å². The fourth-order valence-corrected chi connectivity index (χ4v) is 4.67. The minimum absolute atomic E-state index is 0.122. The number of urea groups is 1. The zero-order chi connectivity index (χ0) is 23.2. The molecule has 2 aromatic carbocycles. The number of para-hydroxylation sites is 1. The summed E-state index contributed by atoms with van der Waals surface area (Å²) in [5.74, 6) is -1.39. The van der Waals surface area contributed by atoms with E-state index in [4.69, 9.17) is 10.8 Å². The van der Waals surface area contributed by atoms with Crippen molar-refractivity contribution < 1.29 is 13.6 Å². The first kappa shape index (κ1) is 22.0. The SMILES string of the molecule is CCc1cccc(CC)c1-n1nc2c(c1-c1cc(F)c(NC(N)=O)cc1F)CCC2(C)C. The number of aryl methyl sites for hydroxylation is 2. The Bertz CT molecular complexity index is 1190. The van der Waals surface area contributed by atoms with Gasteiger partial charge in [-0.2, -0.15) is 5.10 Å². The van der Waals surface area contributed by atoms with Crippen molar-refractivity contribution in [3.8, 4) is 16.9 Å². The Kier molecular flexibility index (Phi) is 5.53. The Morgan fingerprint density at radius 1 is 1.16 bits per heavy atom. The average Bonchev–Trinajstić information content (AvgIpc) is 3.26. The van der Waals surface area contributed by atoms with Gasteiger partial charge in [-0.05, 0) is 42.9 Å². The maximum atomic E-state index is 15.4. The molecular formula is C25H28F2N4O. The number of rotatable bonds is 5. The summed E-state index contributed by atoms with van der Waals surface area (Å²) in [5.41, 5.74) is 10.3. The van der Waals surface area contributed by atoms with Crippen LogP contribution in [-0.4, -0.2) is 15.8 Å². The smallest absolute Gasteiger partial charge is 0.316 e. The molecule has 2 amide bonds. The normalized spacial score (nSPS) is 14.4. The number of primary amides is 1. The van der Waals surface area contributed by atoms with Crippen molar-refractivity contribution in [1.29, 1.82) is 0 Å². The van der Waals surface area contributed by atoms with Crippen LogP contribution in [0.1, 0.15) is 56.5 Å². The molecule has 7 heteroatoms. The molecule has 4 rings (SSSR count). The highest BCUT2D eigenvalue weighted by Crippen LogP contribution is 2.45. The molecule has 0 bridgehead atoms. The average molecular weight is 439 g/mol. The number of amides is 2. The molecule has 0 unspecified atom stereocenters. The van der Waals surface area contributed by atoms with E-state index in [1.807, 2.05) is 22.9 Å². The lowest BCUT2D eigenvalue weighted by Crippen LogP contribution is -2.20. The number of nitrogens with two attached hydrogens (primary N) is 1. The Labute approximate surface area is 186 Å². The van der Waals surface area contributed by atoms with Gasteiger partial charge in [0.1, 0.15) is 11.6 Å². The van der Waals surface area contributed by atoms with E-state index in [9.17, 15) is 9.18 Å². The second-order valence-corrected chi connectivity index (χ2v) is 8.90. The Morgan fingerprint density at radius 3 is 2.41 bits per heavy atom. The summed E-state index contributed by atoms with van der Waals surface area (Å²) in [6.45, 7) is 8.40. The number of hydrogen-bond acceptors (Lipinski definition) is 2. The number of aromatic nitrogens is 2. The van der Waals surface area contributed by atoms with Crippen molar-refractivity contribution in [3.63, 3.8) is 0 Å². The van der Waals surface area contributed by atoms with Crippen LogP contribution in [0, 0.1) is 11.6 Å². The van der Waals surface area contributed by atoms with E-state index < -0.39 is 17.7 Å². The number of carbonyl (C=O) groups excluding carboxylic acids is 1. The summed E-state index contributed by atoms with van der Waals surface area (Å²) in [4.78, 5) is 11.2. The van der Waals surface area contributed by atoms with Crippen molar-refractivity contribution in [3.05, 3.63) is 64.4 Å². The summed E-state index contributed by atoms with van der Waals surface area (Å²) in [7, 11) is 0. The fraction of sp³-hybridized carbons (Fsp3) is 0.360. The van der Waals surface area contributed by atoms with Gasteiger partial charge in [-0.25, -0.2) is 18.3 Å². The monoisotopic (exact) mass is 438 g/mol. The van der Waals surface area contributed by atoms with Gasteiger partial charge >= 0.3 is 6.03 Å². The number of hydrogen-bond donors (Lipinski definition) is 2. The van der Waals surface area contributed by atoms with Crippen LogP contribution in [0.4, 0.5) is 19.3 Å². The lowest BCUT2D eigenvalue weighted by atomic mass is 9.91. The molecule has 0 fully saturated rings. The molecule has 32 heavy (non-hydrogen) atoms. The highest BCUT2D eigenvalue weighted by Gasteiger charge is 2.38. The zero-order valence-electron chi connectivity index (χ0n) is 18.9. The molecule has 1 aliphatic rings. The zero-order valence-corrected chi connectivity index (χ0v) is 18.9. The van der Waals surface area contributed by atoms with Gasteiger partial charge in [-0.1, -0.05) is 45.9 Å². The number of nitrogens with one attached hydrogen (secondary N) is 1. The fourth-order valence-electron chi connectivity index (χ4n) is 4.67. The van der Waals surface area contributed by atoms with Crippen LogP contribution >= 0.6 is 0 Å². The first-order valence-corrected chi connectivity index (χ1v) is 11.0. The molecule has 3 N–H and O–H groups in total. The van der Waals surface area contributed by atoms with E-state index >= 15 is 4.39 Å². The van der Waals surface area contributed by atoms with Crippen molar-refractivity contribution in [2.45, 2.75) is 58.8 Å². The molecule has 1 aromatic heterocycles. The van der Waals surface area contributed by atoms with Gasteiger partial charge < -0.3 is 11.1 Å². The van der Waals surface area contributed by atoms with Crippen LogP contribution in [-0.2, 0) is 24.7 Å². The van der Waals surface area contributed by atoms with E-state index in [0.29, 0.717) is 5.69 Å². The minimum Gasteiger partial charge on any atom is -0.351 e. The van der Waals surface area contributed by atoms with Crippen LogP contribution in [0.2, 0.25) is 0 Å². The number of halogens is 2. The first-order chi connectivity index (χ1) is 15.2. The molecule has 1 heterocycles. The third-order valence-corrected chi connectivity index (χ3v) is 6.37. The lowest BCUT2D eigenvalue weighted by Gasteiger charge is -2.19. The number of fused-ring (bicyclic) bond motifs is 1. The van der Waals surface area contributed by atoms with Crippen LogP contribution in [0.5, 0.6) is 0 Å². The van der Waals surface area contributed by atoms with Gasteiger partial charge in [0.25, 0.3) is 0 Å². The Hall–Kier alpha value is -3.22.